The third-order valence-electron chi connectivity index (χ3n) is 3.31. The van der Waals surface area contributed by atoms with Gasteiger partial charge in [-0.05, 0) is 30.7 Å². The second-order valence-corrected chi connectivity index (χ2v) is 4.87. The summed E-state index contributed by atoms with van der Waals surface area (Å²) >= 11 is 0. The van der Waals surface area contributed by atoms with Crippen LogP contribution in [-0.4, -0.2) is 28.1 Å². The van der Waals surface area contributed by atoms with Gasteiger partial charge in [-0.25, -0.2) is 0 Å². The predicted octanol–water partition coefficient (Wildman–Crippen LogP) is 2.13. The normalized spacial score (nSPS) is 13.6. The standard InChI is InChI=1S/C16H15N3O3/c1-2-19-9-12(8-17-19)14(20)5-3-11-4-6-15-13(7-11)18-16(21)10-22-15/h3-9H,2,10H2,1H3,(H,18,21). The number of anilines is 1. The minimum absolute atomic E-state index is 0.0299. The molecule has 3 rings (SSSR count). The monoisotopic (exact) mass is 297 g/mol. The Labute approximate surface area is 127 Å². The van der Waals surface area contributed by atoms with Crippen LogP contribution in [0.2, 0.25) is 0 Å². The maximum Gasteiger partial charge on any atom is 0.262 e. The van der Waals surface area contributed by atoms with Gasteiger partial charge in [-0.3, -0.25) is 14.3 Å². The molecule has 0 aliphatic carbocycles. The Kier molecular flexibility index (Phi) is 3.74. The summed E-state index contributed by atoms with van der Waals surface area (Å²) in [6, 6.07) is 5.37. The Hall–Kier alpha value is -2.89. The molecule has 6 nitrogen and oxygen atoms in total. The average Bonchev–Trinajstić information content (AvgIpc) is 3.01. The van der Waals surface area contributed by atoms with Gasteiger partial charge in [0.1, 0.15) is 5.75 Å². The summed E-state index contributed by atoms with van der Waals surface area (Å²) in [5, 5.41) is 6.81. The van der Waals surface area contributed by atoms with Crippen LogP contribution in [0, 0.1) is 0 Å². The lowest BCUT2D eigenvalue weighted by Crippen LogP contribution is -2.25. The fourth-order valence-corrected chi connectivity index (χ4v) is 2.14. The van der Waals surface area contributed by atoms with E-state index in [1.807, 2.05) is 13.0 Å². The minimum Gasteiger partial charge on any atom is -0.482 e. The molecule has 1 aliphatic heterocycles. The van der Waals surface area contributed by atoms with Crippen LogP contribution >= 0.6 is 0 Å². The van der Waals surface area contributed by atoms with Crippen molar-refractivity contribution in [1.29, 1.82) is 0 Å². The molecule has 0 saturated carbocycles. The van der Waals surface area contributed by atoms with Gasteiger partial charge in [0.2, 0.25) is 0 Å². The molecule has 1 aliphatic rings. The quantitative estimate of drug-likeness (QED) is 0.693. The molecule has 0 spiro atoms. The first-order valence-electron chi connectivity index (χ1n) is 6.97. The van der Waals surface area contributed by atoms with Crippen LogP contribution in [0.1, 0.15) is 22.8 Å². The Morgan fingerprint density at radius 3 is 3.14 bits per heavy atom. The predicted molar refractivity (Wildman–Crippen MR) is 81.8 cm³/mol. The summed E-state index contributed by atoms with van der Waals surface area (Å²) in [6.45, 7) is 2.71. The number of aryl methyl sites for hydroxylation is 1. The van der Waals surface area contributed by atoms with Crippen molar-refractivity contribution < 1.29 is 14.3 Å². The molecule has 1 aromatic heterocycles. The molecule has 6 heteroatoms. The number of benzene rings is 1. The van der Waals surface area contributed by atoms with Crippen molar-refractivity contribution >= 4 is 23.5 Å². The smallest absolute Gasteiger partial charge is 0.262 e. The zero-order chi connectivity index (χ0) is 15.5. The van der Waals surface area contributed by atoms with Gasteiger partial charge in [-0.2, -0.15) is 5.10 Å². The second-order valence-electron chi connectivity index (χ2n) is 4.87. The van der Waals surface area contributed by atoms with Gasteiger partial charge in [0, 0.05) is 12.7 Å². The Morgan fingerprint density at radius 1 is 1.50 bits per heavy atom. The van der Waals surface area contributed by atoms with Crippen molar-refractivity contribution in [3.05, 3.63) is 47.8 Å². The average molecular weight is 297 g/mol. The highest BCUT2D eigenvalue weighted by atomic mass is 16.5. The molecule has 112 valence electrons. The van der Waals surface area contributed by atoms with E-state index in [2.05, 4.69) is 10.4 Å². The van der Waals surface area contributed by atoms with E-state index in [-0.39, 0.29) is 18.3 Å². The summed E-state index contributed by atoms with van der Waals surface area (Å²) in [5.74, 6) is 0.335. The van der Waals surface area contributed by atoms with Crippen LogP contribution < -0.4 is 10.1 Å². The van der Waals surface area contributed by atoms with E-state index in [1.54, 1.807) is 35.3 Å². The number of aromatic nitrogens is 2. The van der Waals surface area contributed by atoms with Crippen molar-refractivity contribution in [1.82, 2.24) is 9.78 Å². The van der Waals surface area contributed by atoms with Crippen LogP contribution in [0.4, 0.5) is 5.69 Å². The first-order valence-corrected chi connectivity index (χ1v) is 6.97. The number of nitrogens with one attached hydrogen (secondary N) is 1. The molecular formula is C16H15N3O3. The molecule has 0 fully saturated rings. The molecule has 1 N–H and O–H groups in total. The summed E-state index contributed by atoms with van der Waals surface area (Å²) in [4.78, 5) is 23.4. The highest BCUT2D eigenvalue weighted by Crippen LogP contribution is 2.28. The third-order valence-corrected chi connectivity index (χ3v) is 3.31. The first-order chi connectivity index (χ1) is 10.7. The number of ether oxygens (including phenoxy) is 1. The number of fused-ring (bicyclic) bond motifs is 1. The van der Waals surface area contributed by atoms with Gasteiger partial charge in [-0.15, -0.1) is 0 Å². The number of amides is 1. The van der Waals surface area contributed by atoms with Gasteiger partial charge in [-0.1, -0.05) is 12.1 Å². The Bertz CT molecular complexity index is 762. The first kappa shape index (κ1) is 14.1. The van der Waals surface area contributed by atoms with Crippen LogP contribution in [0.25, 0.3) is 6.08 Å². The van der Waals surface area contributed by atoms with Gasteiger partial charge in [0.25, 0.3) is 5.91 Å². The number of hydrogen-bond acceptors (Lipinski definition) is 4. The van der Waals surface area contributed by atoms with Crippen molar-refractivity contribution in [3.8, 4) is 5.75 Å². The zero-order valence-corrected chi connectivity index (χ0v) is 12.1. The number of ketones is 1. The van der Waals surface area contributed by atoms with Crippen LogP contribution in [0.15, 0.2) is 36.7 Å². The number of carbonyl (C=O) groups excluding carboxylic acids is 2. The summed E-state index contributed by atoms with van der Waals surface area (Å²) < 4.78 is 6.99. The summed E-state index contributed by atoms with van der Waals surface area (Å²) in [5.41, 5.74) is 1.97. The van der Waals surface area contributed by atoms with Crippen LogP contribution in [0.5, 0.6) is 5.75 Å². The van der Waals surface area contributed by atoms with E-state index in [0.717, 1.165) is 12.1 Å². The molecule has 22 heavy (non-hydrogen) atoms. The number of carbonyl (C=O) groups is 2. The van der Waals surface area contributed by atoms with Gasteiger partial charge in [0.15, 0.2) is 12.4 Å². The highest BCUT2D eigenvalue weighted by molar-refractivity contribution is 6.06. The maximum atomic E-state index is 12.1. The highest BCUT2D eigenvalue weighted by Gasteiger charge is 2.15. The van der Waals surface area contributed by atoms with Crippen molar-refractivity contribution in [2.45, 2.75) is 13.5 Å². The van der Waals surface area contributed by atoms with E-state index >= 15 is 0 Å². The third kappa shape index (κ3) is 2.90. The van der Waals surface area contributed by atoms with E-state index in [4.69, 9.17) is 4.74 Å². The molecule has 1 amide bonds. The molecule has 1 aromatic carbocycles. The number of allylic oxidation sites excluding steroid dienone is 1. The van der Waals surface area contributed by atoms with Crippen LogP contribution in [-0.2, 0) is 11.3 Å². The van der Waals surface area contributed by atoms with Gasteiger partial charge < -0.3 is 10.1 Å². The number of rotatable bonds is 4. The topological polar surface area (TPSA) is 73.2 Å². The van der Waals surface area contributed by atoms with Crippen molar-refractivity contribution in [3.63, 3.8) is 0 Å². The van der Waals surface area contributed by atoms with Crippen molar-refractivity contribution in [2.24, 2.45) is 0 Å². The number of nitrogens with zero attached hydrogens (tertiary/aromatic N) is 2. The molecule has 0 saturated heterocycles. The molecule has 2 heterocycles. The largest absolute Gasteiger partial charge is 0.482 e. The van der Waals surface area contributed by atoms with Crippen LogP contribution in [0.3, 0.4) is 0 Å². The summed E-state index contributed by atoms with van der Waals surface area (Å²) in [7, 11) is 0. The fourth-order valence-electron chi connectivity index (χ4n) is 2.14. The van der Waals surface area contributed by atoms with Gasteiger partial charge in [0.05, 0.1) is 17.4 Å². The Balaban J connectivity index is 1.76. The molecular weight excluding hydrogens is 282 g/mol. The van der Waals surface area contributed by atoms with E-state index in [0.29, 0.717) is 17.0 Å². The lowest BCUT2D eigenvalue weighted by molar-refractivity contribution is -0.118. The summed E-state index contributed by atoms with van der Waals surface area (Å²) in [6.07, 6.45) is 6.46. The minimum atomic E-state index is -0.184. The fraction of sp³-hybridized carbons (Fsp3) is 0.188. The molecule has 2 aromatic rings. The SMILES string of the molecule is CCn1cc(C(=O)C=Cc2ccc3c(c2)NC(=O)CO3)cn1. The molecule has 0 unspecified atom stereocenters. The van der Waals surface area contributed by atoms with Gasteiger partial charge >= 0.3 is 0 Å². The molecule has 0 atom stereocenters. The molecule has 0 bridgehead atoms. The zero-order valence-electron chi connectivity index (χ0n) is 12.1. The maximum absolute atomic E-state index is 12.1. The second kappa shape index (κ2) is 5.85. The number of hydrogen-bond donors (Lipinski definition) is 1. The Morgan fingerprint density at radius 2 is 2.36 bits per heavy atom. The van der Waals surface area contributed by atoms with Crippen molar-refractivity contribution in [2.75, 3.05) is 11.9 Å². The van der Waals surface area contributed by atoms with E-state index in [9.17, 15) is 9.59 Å². The van der Waals surface area contributed by atoms with E-state index < -0.39 is 0 Å². The molecule has 0 radical (unpaired) electrons. The lowest BCUT2D eigenvalue weighted by Gasteiger charge is -2.17. The van der Waals surface area contributed by atoms with E-state index in [1.165, 1.54) is 6.08 Å². The lowest BCUT2D eigenvalue weighted by atomic mass is 10.1.